The van der Waals surface area contributed by atoms with Crippen LogP contribution < -0.4 is 5.32 Å². The molecule has 1 aromatic rings. The van der Waals surface area contributed by atoms with E-state index in [4.69, 9.17) is 11.6 Å². The van der Waals surface area contributed by atoms with Gasteiger partial charge in [-0.2, -0.15) is 0 Å². The minimum atomic E-state index is 0.285. The number of rotatable bonds is 0. The molecule has 1 N–H and O–H groups in total. The van der Waals surface area contributed by atoms with Gasteiger partial charge in [0, 0.05) is 18.2 Å². The fourth-order valence-electron chi connectivity index (χ4n) is 1.52. The lowest BCUT2D eigenvalue weighted by Crippen LogP contribution is -2.07. The van der Waals surface area contributed by atoms with Gasteiger partial charge < -0.3 is 5.32 Å². The standard InChI is InChI=1S/C8H10ClN3/c1-4-7-6(3-10-4)11-5(2)12-8(7)9/h4,10H,3H2,1-2H3. The van der Waals surface area contributed by atoms with E-state index in [2.05, 4.69) is 22.2 Å². The number of nitrogens with one attached hydrogen (secondary N) is 1. The van der Waals surface area contributed by atoms with Crippen LogP contribution in [0.2, 0.25) is 5.15 Å². The summed E-state index contributed by atoms with van der Waals surface area (Å²) in [6.45, 7) is 4.73. The average Bonchev–Trinajstić information content (AvgIpc) is 2.31. The zero-order valence-electron chi connectivity index (χ0n) is 7.06. The molecule has 0 aromatic carbocycles. The zero-order valence-corrected chi connectivity index (χ0v) is 7.81. The lowest BCUT2D eigenvalue weighted by Gasteiger charge is -2.05. The highest BCUT2D eigenvalue weighted by Crippen LogP contribution is 2.28. The summed E-state index contributed by atoms with van der Waals surface area (Å²) in [6, 6.07) is 0.285. The molecule has 0 amide bonds. The normalized spacial score (nSPS) is 21.1. The summed E-state index contributed by atoms with van der Waals surface area (Å²) in [6.07, 6.45) is 0. The van der Waals surface area contributed by atoms with Crippen LogP contribution in [0.4, 0.5) is 0 Å². The fourth-order valence-corrected chi connectivity index (χ4v) is 1.91. The van der Waals surface area contributed by atoms with Gasteiger partial charge in [-0.25, -0.2) is 9.97 Å². The molecule has 1 aliphatic rings. The quantitative estimate of drug-likeness (QED) is 0.621. The first-order valence-corrected chi connectivity index (χ1v) is 4.32. The van der Waals surface area contributed by atoms with Gasteiger partial charge in [-0.15, -0.1) is 0 Å². The van der Waals surface area contributed by atoms with E-state index < -0.39 is 0 Å². The highest BCUT2D eigenvalue weighted by atomic mass is 35.5. The van der Waals surface area contributed by atoms with Crippen LogP contribution in [0.5, 0.6) is 0 Å². The summed E-state index contributed by atoms with van der Waals surface area (Å²) in [5, 5.41) is 3.86. The molecule has 0 spiro atoms. The SMILES string of the molecule is Cc1nc(Cl)c2c(n1)CNC2C. The Hall–Kier alpha value is -0.670. The van der Waals surface area contributed by atoms with E-state index in [1.165, 1.54) is 0 Å². The van der Waals surface area contributed by atoms with Crippen molar-refractivity contribution in [3.05, 3.63) is 22.2 Å². The molecule has 0 fully saturated rings. The Morgan fingerprint density at radius 2 is 2.25 bits per heavy atom. The van der Waals surface area contributed by atoms with E-state index in [1.54, 1.807) is 0 Å². The van der Waals surface area contributed by atoms with Crippen LogP contribution in [0, 0.1) is 6.92 Å². The van der Waals surface area contributed by atoms with Gasteiger partial charge in [0.05, 0.1) is 5.69 Å². The second-order valence-corrected chi connectivity index (χ2v) is 3.38. The third-order valence-corrected chi connectivity index (χ3v) is 2.39. The van der Waals surface area contributed by atoms with Crippen molar-refractivity contribution in [2.75, 3.05) is 0 Å². The lowest BCUT2D eigenvalue weighted by atomic mass is 10.2. The molecule has 0 saturated carbocycles. The molecule has 0 aliphatic carbocycles. The molecule has 4 heteroatoms. The monoisotopic (exact) mass is 183 g/mol. The van der Waals surface area contributed by atoms with Crippen molar-refractivity contribution < 1.29 is 0 Å². The Balaban J connectivity index is 2.60. The first kappa shape index (κ1) is 7.95. The summed E-state index contributed by atoms with van der Waals surface area (Å²) in [4.78, 5) is 8.42. The van der Waals surface area contributed by atoms with Crippen LogP contribution in [-0.2, 0) is 6.54 Å². The van der Waals surface area contributed by atoms with E-state index in [0.29, 0.717) is 5.15 Å². The first-order valence-electron chi connectivity index (χ1n) is 3.95. The van der Waals surface area contributed by atoms with Gasteiger partial charge in [0.2, 0.25) is 0 Å². The Labute approximate surface area is 76.2 Å². The molecule has 1 aliphatic heterocycles. The zero-order chi connectivity index (χ0) is 8.72. The molecule has 64 valence electrons. The van der Waals surface area contributed by atoms with E-state index in [1.807, 2.05) is 6.92 Å². The van der Waals surface area contributed by atoms with Gasteiger partial charge in [-0.1, -0.05) is 11.6 Å². The predicted octanol–water partition coefficient (Wildman–Crippen LogP) is 1.60. The third kappa shape index (κ3) is 1.09. The number of hydrogen-bond donors (Lipinski definition) is 1. The summed E-state index contributed by atoms with van der Waals surface area (Å²) in [5.41, 5.74) is 2.10. The van der Waals surface area contributed by atoms with Crippen molar-refractivity contribution in [1.29, 1.82) is 0 Å². The highest BCUT2D eigenvalue weighted by Gasteiger charge is 2.23. The van der Waals surface area contributed by atoms with Crippen molar-refractivity contribution in [1.82, 2.24) is 15.3 Å². The van der Waals surface area contributed by atoms with Gasteiger partial charge in [0.15, 0.2) is 0 Å². The number of hydrogen-bond acceptors (Lipinski definition) is 3. The minimum Gasteiger partial charge on any atom is -0.304 e. The fraction of sp³-hybridized carbons (Fsp3) is 0.500. The molecule has 1 unspecified atom stereocenters. The summed E-state index contributed by atoms with van der Waals surface area (Å²) >= 11 is 5.98. The Bertz CT molecular complexity index is 324. The molecule has 3 nitrogen and oxygen atoms in total. The summed E-state index contributed by atoms with van der Waals surface area (Å²) < 4.78 is 0. The molecule has 0 radical (unpaired) electrons. The maximum absolute atomic E-state index is 5.98. The van der Waals surface area contributed by atoms with Crippen LogP contribution in [0.1, 0.15) is 30.0 Å². The largest absolute Gasteiger partial charge is 0.304 e. The van der Waals surface area contributed by atoms with Crippen LogP contribution in [0.25, 0.3) is 0 Å². The Morgan fingerprint density at radius 1 is 1.50 bits per heavy atom. The molecule has 1 aromatic heterocycles. The first-order chi connectivity index (χ1) is 5.68. The second-order valence-electron chi connectivity index (χ2n) is 3.02. The summed E-state index contributed by atoms with van der Waals surface area (Å²) in [7, 11) is 0. The average molecular weight is 184 g/mol. The van der Waals surface area contributed by atoms with E-state index >= 15 is 0 Å². The maximum atomic E-state index is 5.98. The third-order valence-electron chi connectivity index (χ3n) is 2.10. The van der Waals surface area contributed by atoms with Gasteiger partial charge >= 0.3 is 0 Å². The van der Waals surface area contributed by atoms with Crippen molar-refractivity contribution >= 4 is 11.6 Å². The molecule has 12 heavy (non-hydrogen) atoms. The molecule has 2 heterocycles. The van der Waals surface area contributed by atoms with Gasteiger partial charge in [-0.05, 0) is 13.8 Å². The van der Waals surface area contributed by atoms with Crippen LogP contribution in [0.15, 0.2) is 0 Å². The smallest absolute Gasteiger partial charge is 0.137 e. The maximum Gasteiger partial charge on any atom is 0.137 e. The number of nitrogens with zero attached hydrogens (tertiary/aromatic N) is 2. The van der Waals surface area contributed by atoms with E-state index in [9.17, 15) is 0 Å². The number of aromatic nitrogens is 2. The number of aryl methyl sites for hydroxylation is 1. The van der Waals surface area contributed by atoms with Crippen molar-refractivity contribution in [3.63, 3.8) is 0 Å². The lowest BCUT2D eigenvalue weighted by molar-refractivity contribution is 0.631. The van der Waals surface area contributed by atoms with Crippen molar-refractivity contribution in [2.24, 2.45) is 0 Å². The van der Waals surface area contributed by atoms with E-state index in [0.717, 1.165) is 23.6 Å². The molecule has 0 bridgehead atoms. The van der Waals surface area contributed by atoms with Gasteiger partial charge in [0.1, 0.15) is 11.0 Å². The Morgan fingerprint density at radius 3 is 3.00 bits per heavy atom. The highest BCUT2D eigenvalue weighted by molar-refractivity contribution is 6.30. The molecular weight excluding hydrogens is 174 g/mol. The molecular formula is C8H10ClN3. The van der Waals surface area contributed by atoms with Gasteiger partial charge in [0.25, 0.3) is 0 Å². The van der Waals surface area contributed by atoms with Crippen molar-refractivity contribution in [3.8, 4) is 0 Å². The van der Waals surface area contributed by atoms with Crippen LogP contribution >= 0.6 is 11.6 Å². The van der Waals surface area contributed by atoms with E-state index in [-0.39, 0.29) is 6.04 Å². The topological polar surface area (TPSA) is 37.8 Å². The molecule has 0 saturated heterocycles. The van der Waals surface area contributed by atoms with Crippen LogP contribution in [0.3, 0.4) is 0 Å². The minimum absolute atomic E-state index is 0.285. The predicted molar refractivity (Wildman–Crippen MR) is 47.0 cm³/mol. The molecule has 2 rings (SSSR count). The van der Waals surface area contributed by atoms with Crippen molar-refractivity contribution in [2.45, 2.75) is 26.4 Å². The van der Waals surface area contributed by atoms with Crippen LogP contribution in [-0.4, -0.2) is 9.97 Å². The number of fused-ring (bicyclic) bond motifs is 1. The Kier molecular flexibility index (Phi) is 1.77. The number of halogens is 1. The second kappa shape index (κ2) is 2.68. The van der Waals surface area contributed by atoms with Gasteiger partial charge in [-0.3, -0.25) is 0 Å². The molecule has 1 atom stereocenters. The summed E-state index contributed by atoms with van der Waals surface area (Å²) in [5.74, 6) is 0.745.